The van der Waals surface area contributed by atoms with Gasteiger partial charge in [-0.3, -0.25) is 0 Å². The summed E-state index contributed by atoms with van der Waals surface area (Å²) in [5.41, 5.74) is 4.88. The number of thiazole rings is 1. The third kappa shape index (κ3) is 5.00. The maximum absolute atomic E-state index is 6.15. The van der Waals surface area contributed by atoms with Gasteiger partial charge >= 0.3 is 0 Å². The van der Waals surface area contributed by atoms with Crippen molar-refractivity contribution in [2.45, 2.75) is 33.3 Å². The van der Waals surface area contributed by atoms with Crippen molar-refractivity contribution in [3.63, 3.8) is 0 Å². The highest BCUT2D eigenvalue weighted by Gasteiger charge is 2.21. The van der Waals surface area contributed by atoms with Crippen molar-refractivity contribution in [2.24, 2.45) is 5.92 Å². The number of hydrogen-bond donors (Lipinski definition) is 0. The van der Waals surface area contributed by atoms with Crippen LogP contribution in [0.2, 0.25) is 5.02 Å². The summed E-state index contributed by atoms with van der Waals surface area (Å²) in [7, 11) is 0. The number of nitrogens with zero attached hydrogens (tertiary/aromatic N) is 2. The average molecular weight is 427 g/mol. The normalized spacial score (nSPS) is 16.9. The molecule has 5 heteroatoms. The number of hydrogen-bond acceptors (Lipinski definition) is 4. The van der Waals surface area contributed by atoms with Gasteiger partial charge in [-0.15, -0.1) is 11.3 Å². The van der Waals surface area contributed by atoms with Gasteiger partial charge in [-0.2, -0.15) is 0 Å². The number of aryl methyl sites for hydroxylation is 2. The molecule has 1 aliphatic heterocycles. The fraction of sp³-hybridized carbons (Fsp3) is 0.375. The molecule has 1 aliphatic rings. The van der Waals surface area contributed by atoms with Crippen LogP contribution < -0.4 is 4.90 Å². The molecule has 3 aromatic rings. The first-order valence-corrected chi connectivity index (χ1v) is 11.4. The second-order valence-electron chi connectivity index (χ2n) is 7.79. The number of para-hydroxylation sites is 1. The summed E-state index contributed by atoms with van der Waals surface area (Å²) in [5, 5.41) is 1.78. The van der Waals surface area contributed by atoms with Gasteiger partial charge < -0.3 is 9.64 Å². The van der Waals surface area contributed by atoms with Gasteiger partial charge in [-0.1, -0.05) is 41.9 Å². The molecule has 3 nitrogen and oxygen atoms in total. The van der Waals surface area contributed by atoms with Crippen LogP contribution in [0.3, 0.4) is 0 Å². The van der Waals surface area contributed by atoms with E-state index in [0.29, 0.717) is 12.5 Å². The first kappa shape index (κ1) is 20.4. The van der Waals surface area contributed by atoms with Crippen LogP contribution in [0.4, 0.5) is 5.69 Å². The van der Waals surface area contributed by atoms with Crippen LogP contribution in [0.5, 0.6) is 0 Å². The van der Waals surface area contributed by atoms with Gasteiger partial charge in [0.05, 0.1) is 23.8 Å². The van der Waals surface area contributed by atoms with Gasteiger partial charge in [0.1, 0.15) is 5.01 Å². The molecule has 1 fully saturated rings. The Hall–Kier alpha value is -1.88. The molecule has 2 aromatic carbocycles. The van der Waals surface area contributed by atoms with E-state index in [0.717, 1.165) is 41.0 Å². The molecule has 2 heterocycles. The molecule has 152 valence electrons. The van der Waals surface area contributed by atoms with E-state index in [1.807, 2.05) is 24.3 Å². The summed E-state index contributed by atoms with van der Waals surface area (Å²) >= 11 is 7.71. The quantitative estimate of drug-likeness (QED) is 0.449. The molecular weight excluding hydrogens is 400 g/mol. The zero-order valence-electron chi connectivity index (χ0n) is 17.0. The molecule has 0 radical (unpaired) electrons. The Morgan fingerprint density at radius 2 is 1.93 bits per heavy atom. The zero-order valence-corrected chi connectivity index (χ0v) is 18.6. The van der Waals surface area contributed by atoms with Gasteiger partial charge in [0, 0.05) is 29.4 Å². The number of rotatable bonds is 6. The predicted molar refractivity (Wildman–Crippen MR) is 123 cm³/mol. The third-order valence-electron chi connectivity index (χ3n) is 5.55. The number of piperidine rings is 1. The average Bonchev–Trinajstić information content (AvgIpc) is 3.10. The number of aromatic nitrogens is 1. The highest BCUT2D eigenvalue weighted by Crippen LogP contribution is 2.30. The fourth-order valence-corrected chi connectivity index (χ4v) is 5.07. The molecule has 1 atom stereocenters. The van der Waals surface area contributed by atoms with Crippen LogP contribution in [0.1, 0.15) is 29.0 Å². The Morgan fingerprint density at radius 1 is 1.14 bits per heavy atom. The van der Waals surface area contributed by atoms with Crippen molar-refractivity contribution in [1.82, 2.24) is 4.98 Å². The maximum atomic E-state index is 6.15. The SMILES string of the molecule is Cc1ccccc1N1CCCC(COCc2sc(-c3ccc(Cl)cc3)nc2C)C1. The predicted octanol–water partition coefficient (Wildman–Crippen LogP) is 6.51. The van der Waals surface area contributed by atoms with Gasteiger partial charge in [0.15, 0.2) is 0 Å². The van der Waals surface area contributed by atoms with Gasteiger partial charge in [0.25, 0.3) is 0 Å². The van der Waals surface area contributed by atoms with Gasteiger partial charge in [0.2, 0.25) is 0 Å². The summed E-state index contributed by atoms with van der Waals surface area (Å²) in [4.78, 5) is 8.45. The van der Waals surface area contributed by atoms with Crippen LogP contribution in [-0.2, 0) is 11.3 Å². The lowest BCUT2D eigenvalue weighted by Gasteiger charge is -2.35. The maximum Gasteiger partial charge on any atom is 0.123 e. The molecule has 1 unspecified atom stereocenters. The molecule has 0 spiro atoms. The summed E-state index contributed by atoms with van der Waals surface area (Å²) in [6, 6.07) is 16.5. The second kappa shape index (κ2) is 9.29. The molecule has 0 N–H and O–H groups in total. The van der Waals surface area contributed by atoms with E-state index in [1.165, 1.54) is 29.0 Å². The third-order valence-corrected chi connectivity index (χ3v) is 6.98. The van der Waals surface area contributed by atoms with E-state index in [9.17, 15) is 0 Å². The molecule has 0 saturated carbocycles. The Labute approximate surface area is 182 Å². The van der Waals surface area contributed by atoms with Crippen molar-refractivity contribution < 1.29 is 4.74 Å². The molecule has 1 saturated heterocycles. The van der Waals surface area contributed by atoms with Crippen molar-refractivity contribution in [3.05, 3.63) is 69.7 Å². The Bertz CT molecular complexity index is 954. The van der Waals surface area contributed by atoms with E-state index in [-0.39, 0.29) is 0 Å². The van der Waals surface area contributed by atoms with Crippen molar-refractivity contribution in [2.75, 3.05) is 24.6 Å². The summed E-state index contributed by atoms with van der Waals surface area (Å²) in [5.74, 6) is 0.576. The molecule has 29 heavy (non-hydrogen) atoms. The molecule has 1 aromatic heterocycles. The van der Waals surface area contributed by atoms with E-state index < -0.39 is 0 Å². The molecule has 0 aliphatic carbocycles. The topological polar surface area (TPSA) is 25.4 Å². The Morgan fingerprint density at radius 3 is 2.72 bits per heavy atom. The monoisotopic (exact) mass is 426 g/mol. The second-order valence-corrected chi connectivity index (χ2v) is 9.31. The Kier molecular flexibility index (Phi) is 6.53. The van der Waals surface area contributed by atoms with Crippen LogP contribution in [0.25, 0.3) is 10.6 Å². The highest BCUT2D eigenvalue weighted by molar-refractivity contribution is 7.15. The number of halogens is 1. The lowest BCUT2D eigenvalue weighted by molar-refractivity contribution is 0.0829. The standard InChI is InChI=1S/C24H27ClN2OS/c1-17-6-3-4-8-22(17)27-13-5-7-19(14-27)15-28-16-23-18(2)26-24(29-23)20-9-11-21(25)12-10-20/h3-4,6,8-12,19H,5,7,13-16H2,1-2H3. The number of anilines is 1. The van der Waals surface area contributed by atoms with Crippen LogP contribution in [-0.4, -0.2) is 24.7 Å². The molecule has 4 rings (SSSR count). The lowest BCUT2D eigenvalue weighted by atomic mass is 9.98. The summed E-state index contributed by atoms with van der Waals surface area (Å²) < 4.78 is 6.15. The molecule has 0 amide bonds. The van der Waals surface area contributed by atoms with Crippen molar-refractivity contribution >= 4 is 28.6 Å². The molecular formula is C24H27ClN2OS. The van der Waals surface area contributed by atoms with Gasteiger partial charge in [-0.05, 0) is 56.4 Å². The minimum absolute atomic E-state index is 0.576. The summed E-state index contributed by atoms with van der Waals surface area (Å²) in [6.45, 7) is 7.91. The largest absolute Gasteiger partial charge is 0.376 e. The van der Waals surface area contributed by atoms with E-state index >= 15 is 0 Å². The zero-order chi connectivity index (χ0) is 20.2. The number of ether oxygens (including phenoxy) is 1. The van der Waals surface area contributed by atoms with E-state index in [2.05, 4.69) is 43.0 Å². The lowest BCUT2D eigenvalue weighted by Crippen LogP contribution is -2.37. The van der Waals surface area contributed by atoms with E-state index in [1.54, 1.807) is 11.3 Å². The first-order chi connectivity index (χ1) is 14.1. The van der Waals surface area contributed by atoms with Crippen LogP contribution in [0.15, 0.2) is 48.5 Å². The fourth-order valence-electron chi connectivity index (χ4n) is 3.93. The van der Waals surface area contributed by atoms with Crippen LogP contribution >= 0.6 is 22.9 Å². The molecule has 0 bridgehead atoms. The number of benzene rings is 2. The van der Waals surface area contributed by atoms with E-state index in [4.69, 9.17) is 21.3 Å². The smallest absolute Gasteiger partial charge is 0.123 e. The minimum Gasteiger partial charge on any atom is -0.376 e. The van der Waals surface area contributed by atoms with Crippen molar-refractivity contribution in [1.29, 1.82) is 0 Å². The summed E-state index contributed by atoms with van der Waals surface area (Å²) in [6.07, 6.45) is 2.46. The van der Waals surface area contributed by atoms with Gasteiger partial charge in [-0.25, -0.2) is 4.98 Å². The highest BCUT2D eigenvalue weighted by atomic mass is 35.5. The minimum atomic E-state index is 0.576. The first-order valence-electron chi connectivity index (χ1n) is 10.2. The van der Waals surface area contributed by atoms with Crippen molar-refractivity contribution in [3.8, 4) is 10.6 Å². The van der Waals surface area contributed by atoms with Crippen LogP contribution in [0, 0.1) is 19.8 Å². The Balaban J connectivity index is 1.33.